The monoisotopic (exact) mass is 316 g/mol. The fourth-order valence-corrected chi connectivity index (χ4v) is 2.86. The van der Waals surface area contributed by atoms with Crippen molar-refractivity contribution >= 4 is 35.1 Å². The highest BCUT2D eigenvalue weighted by Gasteiger charge is 2.33. The molecule has 1 aliphatic carbocycles. The first kappa shape index (κ1) is 15.1. The number of amides is 1. The number of rotatable bonds is 4. The van der Waals surface area contributed by atoms with Gasteiger partial charge >= 0.3 is 5.97 Å². The maximum atomic E-state index is 12.0. The van der Waals surface area contributed by atoms with Crippen LogP contribution in [0.1, 0.15) is 29.6 Å². The summed E-state index contributed by atoms with van der Waals surface area (Å²) in [7, 11) is 0. The minimum Gasteiger partial charge on any atom is -0.481 e. The second-order valence-corrected chi connectivity index (χ2v) is 5.63. The molecule has 0 bridgehead atoms. The predicted octanol–water partition coefficient (Wildman–Crippen LogP) is 2.62. The number of pyridine rings is 1. The summed E-state index contributed by atoms with van der Waals surface area (Å²) in [6.45, 7) is 0.325. The first-order valence-corrected chi connectivity index (χ1v) is 7.06. The lowest BCUT2D eigenvalue weighted by molar-refractivity contribution is -0.142. The fraction of sp³-hybridized carbons (Fsp3) is 0.462. The van der Waals surface area contributed by atoms with Gasteiger partial charge in [-0.3, -0.25) is 9.59 Å². The van der Waals surface area contributed by atoms with Gasteiger partial charge in [-0.2, -0.15) is 0 Å². The Balaban J connectivity index is 1.98. The lowest BCUT2D eigenvalue weighted by Crippen LogP contribution is -2.33. The largest absolute Gasteiger partial charge is 0.481 e. The number of hydrogen-bond donors (Lipinski definition) is 2. The van der Waals surface area contributed by atoms with Gasteiger partial charge in [0.1, 0.15) is 5.15 Å². The van der Waals surface area contributed by atoms with Gasteiger partial charge in [-0.05, 0) is 24.8 Å². The molecule has 1 amide bonds. The third-order valence-corrected chi connectivity index (χ3v) is 4.08. The average Bonchev–Trinajstić information content (AvgIpc) is 2.87. The van der Waals surface area contributed by atoms with Crippen LogP contribution < -0.4 is 5.32 Å². The third-order valence-electron chi connectivity index (χ3n) is 3.57. The average molecular weight is 317 g/mol. The minimum absolute atomic E-state index is 0.0347. The molecule has 1 fully saturated rings. The molecule has 1 aromatic heterocycles. The van der Waals surface area contributed by atoms with Crippen LogP contribution in [0.4, 0.5) is 0 Å². The zero-order chi connectivity index (χ0) is 14.7. The number of aliphatic carboxylic acids is 1. The molecule has 7 heteroatoms. The first-order chi connectivity index (χ1) is 9.49. The highest BCUT2D eigenvalue weighted by Crippen LogP contribution is 2.31. The maximum Gasteiger partial charge on any atom is 0.306 e. The van der Waals surface area contributed by atoms with Crippen LogP contribution >= 0.6 is 23.2 Å². The van der Waals surface area contributed by atoms with Crippen LogP contribution in [0.3, 0.4) is 0 Å². The topological polar surface area (TPSA) is 79.3 Å². The number of carbonyl (C=O) groups excluding carboxylic acids is 1. The van der Waals surface area contributed by atoms with Gasteiger partial charge in [0.2, 0.25) is 0 Å². The molecular formula is C13H14Cl2N2O3. The molecule has 5 nitrogen and oxygen atoms in total. The molecule has 1 saturated carbocycles. The molecule has 0 aliphatic heterocycles. The molecule has 2 N–H and O–H groups in total. The highest BCUT2D eigenvalue weighted by molar-refractivity contribution is 6.35. The van der Waals surface area contributed by atoms with Crippen LogP contribution in [0.5, 0.6) is 0 Å². The Morgan fingerprint density at radius 3 is 2.85 bits per heavy atom. The van der Waals surface area contributed by atoms with Gasteiger partial charge in [-0.15, -0.1) is 0 Å². The normalized spacial score (nSPS) is 21.7. The van der Waals surface area contributed by atoms with Gasteiger partial charge in [0.05, 0.1) is 16.5 Å². The third kappa shape index (κ3) is 3.41. The second-order valence-electron chi connectivity index (χ2n) is 4.83. The molecule has 2 rings (SSSR count). The van der Waals surface area contributed by atoms with Crippen LogP contribution in [-0.4, -0.2) is 28.5 Å². The number of carboxylic acids is 1. The van der Waals surface area contributed by atoms with E-state index in [1.807, 2.05) is 0 Å². The molecule has 0 radical (unpaired) electrons. The molecule has 0 aromatic carbocycles. The summed E-state index contributed by atoms with van der Waals surface area (Å²) >= 11 is 11.6. The molecule has 2 unspecified atom stereocenters. The quantitative estimate of drug-likeness (QED) is 0.837. The Labute approximate surface area is 126 Å². The summed E-state index contributed by atoms with van der Waals surface area (Å²) in [5.74, 6) is -1.58. The Morgan fingerprint density at radius 1 is 1.40 bits per heavy atom. The SMILES string of the molecule is O=C(NCC1CCCC1C(=O)O)c1cc(Cl)ncc1Cl. The van der Waals surface area contributed by atoms with E-state index >= 15 is 0 Å². The van der Waals surface area contributed by atoms with Gasteiger partial charge in [0.25, 0.3) is 5.91 Å². The van der Waals surface area contributed by atoms with Crippen LogP contribution in [0, 0.1) is 11.8 Å². The van der Waals surface area contributed by atoms with E-state index in [1.165, 1.54) is 12.3 Å². The number of nitrogens with one attached hydrogen (secondary N) is 1. The summed E-state index contributed by atoms with van der Waals surface area (Å²) in [5, 5.41) is 12.2. The Bertz CT molecular complexity index is 536. The van der Waals surface area contributed by atoms with E-state index in [4.69, 9.17) is 28.3 Å². The summed E-state index contributed by atoms with van der Waals surface area (Å²) in [6, 6.07) is 1.39. The molecule has 108 valence electrons. The van der Waals surface area contributed by atoms with Crippen molar-refractivity contribution in [1.82, 2.24) is 10.3 Å². The smallest absolute Gasteiger partial charge is 0.306 e. The fourth-order valence-electron chi connectivity index (χ4n) is 2.51. The number of carboxylic acid groups (broad SMARTS) is 1. The number of nitrogens with zero attached hydrogens (tertiary/aromatic N) is 1. The molecule has 2 atom stereocenters. The maximum absolute atomic E-state index is 12.0. The van der Waals surface area contributed by atoms with Crippen molar-refractivity contribution in [1.29, 1.82) is 0 Å². The van der Waals surface area contributed by atoms with Gasteiger partial charge in [-0.25, -0.2) is 4.98 Å². The van der Waals surface area contributed by atoms with Gasteiger partial charge in [-0.1, -0.05) is 29.6 Å². The standard InChI is InChI=1S/C13H14Cl2N2O3/c14-10-6-16-11(15)4-9(10)12(18)17-5-7-2-1-3-8(7)13(19)20/h4,6-8H,1-3,5H2,(H,17,18)(H,19,20). The number of carbonyl (C=O) groups is 2. The van der Waals surface area contributed by atoms with E-state index in [9.17, 15) is 9.59 Å². The van der Waals surface area contributed by atoms with E-state index in [1.54, 1.807) is 0 Å². The second kappa shape index (κ2) is 6.41. The number of aromatic nitrogens is 1. The molecule has 20 heavy (non-hydrogen) atoms. The van der Waals surface area contributed by atoms with Gasteiger partial charge in [0.15, 0.2) is 0 Å². The van der Waals surface area contributed by atoms with E-state index in [2.05, 4.69) is 10.3 Å². The van der Waals surface area contributed by atoms with Gasteiger partial charge in [0, 0.05) is 12.7 Å². The summed E-state index contributed by atoms with van der Waals surface area (Å²) in [5.41, 5.74) is 0.247. The number of halogens is 2. The molecule has 0 saturated heterocycles. The van der Waals surface area contributed by atoms with Crippen molar-refractivity contribution in [3.63, 3.8) is 0 Å². The van der Waals surface area contributed by atoms with E-state index in [-0.39, 0.29) is 33.5 Å². The summed E-state index contributed by atoms with van der Waals surface area (Å²) < 4.78 is 0. The first-order valence-electron chi connectivity index (χ1n) is 6.31. The van der Waals surface area contributed by atoms with Crippen molar-refractivity contribution in [3.8, 4) is 0 Å². The van der Waals surface area contributed by atoms with Crippen LogP contribution in [0.25, 0.3) is 0 Å². The molecule has 0 spiro atoms. The van der Waals surface area contributed by atoms with Crippen LogP contribution in [0.2, 0.25) is 10.2 Å². The van der Waals surface area contributed by atoms with Crippen molar-refractivity contribution in [3.05, 3.63) is 28.0 Å². The minimum atomic E-state index is -0.799. The van der Waals surface area contributed by atoms with E-state index in [0.29, 0.717) is 13.0 Å². The van der Waals surface area contributed by atoms with Crippen molar-refractivity contribution in [2.45, 2.75) is 19.3 Å². The zero-order valence-corrected chi connectivity index (χ0v) is 12.1. The van der Waals surface area contributed by atoms with Crippen molar-refractivity contribution in [2.75, 3.05) is 6.54 Å². The summed E-state index contributed by atoms with van der Waals surface area (Å²) in [6.07, 6.45) is 3.66. The predicted molar refractivity (Wildman–Crippen MR) is 75.1 cm³/mol. The lowest BCUT2D eigenvalue weighted by Gasteiger charge is -2.16. The lowest BCUT2D eigenvalue weighted by atomic mass is 9.96. The zero-order valence-electron chi connectivity index (χ0n) is 10.6. The van der Waals surface area contributed by atoms with Crippen molar-refractivity contribution in [2.24, 2.45) is 11.8 Å². The van der Waals surface area contributed by atoms with E-state index < -0.39 is 5.97 Å². The van der Waals surface area contributed by atoms with Crippen molar-refractivity contribution < 1.29 is 14.7 Å². The van der Waals surface area contributed by atoms with E-state index in [0.717, 1.165) is 12.8 Å². The Kier molecular flexibility index (Phi) is 4.83. The number of hydrogen-bond acceptors (Lipinski definition) is 3. The molecule has 1 aliphatic rings. The molecule has 1 heterocycles. The molecule has 1 aromatic rings. The van der Waals surface area contributed by atoms with Crippen LogP contribution in [0.15, 0.2) is 12.3 Å². The summed E-state index contributed by atoms with van der Waals surface area (Å²) in [4.78, 5) is 26.9. The Morgan fingerprint density at radius 2 is 2.15 bits per heavy atom. The van der Waals surface area contributed by atoms with Crippen LogP contribution in [-0.2, 0) is 4.79 Å². The Hall–Kier alpha value is -1.33. The van der Waals surface area contributed by atoms with Gasteiger partial charge < -0.3 is 10.4 Å². The highest BCUT2D eigenvalue weighted by atomic mass is 35.5. The molecular weight excluding hydrogens is 303 g/mol.